The number of rotatable bonds is 3. The third kappa shape index (κ3) is 4.31. The van der Waals surface area contributed by atoms with E-state index in [1.807, 2.05) is 0 Å². The Balaban J connectivity index is 0.00000144. The molecule has 158 valence electrons. The smallest absolute Gasteiger partial charge is 1.00 e. The Bertz CT molecular complexity index is 1500. The first-order valence-electron chi connectivity index (χ1n) is 11.2. The van der Waals surface area contributed by atoms with Crippen molar-refractivity contribution in [2.75, 3.05) is 0 Å². The van der Waals surface area contributed by atoms with Gasteiger partial charge in [-0.1, -0.05) is 109 Å². The standard InChI is InChI=1S/C32H22S.K.H/c33-32-29(22-11-3-1-4-12-22)20-26(21-30(32)23-13-5-2-6-14-23)31-27-17-9-7-15-24(27)19-25-16-8-10-18-28(25)31;;/h1-21,33H;;/q;+1;-1. The molecule has 6 aromatic carbocycles. The van der Waals surface area contributed by atoms with Gasteiger partial charge >= 0.3 is 51.4 Å². The second kappa shape index (κ2) is 10.2. The first-order chi connectivity index (χ1) is 16.3. The zero-order valence-corrected chi connectivity index (χ0v) is 23.1. The third-order valence-corrected chi connectivity index (χ3v) is 6.82. The average Bonchev–Trinajstić information content (AvgIpc) is 2.88. The van der Waals surface area contributed by atoms with Crippen molar-refractivity contribution >= 4 is 34.2 Å². The van der Waals surface area contributed by atoms with Crippen LogP contribution in [-0.2, 0) is 0 Å². The predicted octanol–water partition coefficient (Wildman–Crippen LogP) is 6.40. The molecular weight excluding hydrogens is 456 g/mol. The quantitative estimate of drug-likeness (QED) is 0.170. The van der Waals surface area contributed by atoms with E-state index in [9.17, 15) is 0 Å². The van der Waals surface area contributed by atoms with E-state index < -0.39 is 0 Å². The number of thiol groups is 1. The van der Waals surface area contributed by atoms with Crippen LogP contribution in [0.1, 0.15) is 1.43 Å². The minimum Gasteiger partial charge on any atom is -1.00 e. The zero-order valence-electron chi connectivity index (χ0n) is 20.1. The van der Waals surface area contributed by atoms with Gasteiger partial charge in [0, 0.05) is 4.90 Å². The SMILES string of the molecule is Sc1c(-c2ccccc2)cc(-c2c3ccccc3cc3ccccc23)cc1-c1ccccc1.[H-].[K+]. The van der Waals surface area contributed by atoms with Crippen LogP contribution in [-0.4, -0.2) is 0 Å². The van der Waals surface area contributed by atoms with Crippen LogP contribution in [0.15, 0.2) is 132 Å². The maximum Gasteiger partial charge on any atom is 1.00 e. The van der Waals surface area contributed by atoms with E-state index in [-0.39, 0.29) is 52.8 Å². The van der Waals surface area contributed by atoms with E-state index in [2.05, 4.69) is 127 Å². The summed E-state index contributed by atoms with van der Waals surface area (Å²) in [5.41, 5.74) is 7.11. The van der Waals surface area contributed by atoms with Crippen LogP contribution < -0.4 is 51.4 Å². The molecule has 0 unspecified atom stereocenters. The second-order valence-electron chi connectivity index (χ2n) is 8.35. The van der Waals surface area contributed by atoms with Crippen LogP contribution in [0.5, 0.6) is 0 Å². The number of fused-ring (bicyclic) bond motifs is 2. The van der Waals surface area contributed by atoms with E-state index in [4.69, 9.17) is 12.6 Å². The molecule has 0 aliphatic rings. The Hall–Kier alpha value is -2.17. The summed E-state index contributed by atoms with van der Waals surface area (Å²) in [5.74, 6) is 0. The third-order valence-electron chi connectivity index (χ3n) is 6.34. The maximum atomic E-state index is 5.04. The molecular formula is C32H23KS. The molecule has 0 amide bonds. The van der Waals surface area contributed by atoms with Crippen LogP contribution in [0.2, 0.25) is 0 Å². The number of benzene rings is 6. The van der Waals surface area contributed by atoms with Crippen molar-refractivity contribution in [3.63, 3.8) is 0 Å². The predicted molar refractivity (Wildman–Crippen MR) is 146 cm³/mol. The van der Waals surface area contributed by atoms with E-state index >= 15 is 0 Å². The fraction of sp³-hybridized carbons (Fsp3) is 0. The second-order valence-corrected chi connectivity index (χ2v) is 8.79. The molecule has 0 aliphatic carbocycles. The van der Waals surface area contributed by atoms with E-state index in [1.165, 1.54) is 43.8 Å². The van der Waals surface area contributed by atoms with Gasteiger partial charge in [0.25, 0.3) is 0 Å². The van der Waals surface area contributed by atoms with Gasteiger partial charge in [0.05, 0.1) is 0 Å². The van der Waals surface area contributed by atoms with Crippen LogP contribution in [0, 0.1) is 0 Å². The Morgan fingerprint density at radius 2 is 0.853 bits per heavy atom. The number of hydrogen-bond donors (Lipinski definition) is 1. The molecule has 0 aromatic heterocycles. The molecule has 34 heavy (non-hydrogen) atoms. The first-order valence-corrected chi connectivity index (χ1v) is 11.6. The average molecular weight is 479 g/mol. The van der Waals surface area contributed by atoms with Crippen LogP contribution >= 0.6 is 12.6 Å². The van der Waals surface area contributed by atoms with Crippen molar-refractivity contribution < 1.29 is 52.8 Å². The van der Waals surface area contributed by atoms with Gasteiger partial charge in [-0.15, -0.1) is 12.6 Å². The van der Waals surface area contributed by atoms with Crippen LogP contribution in [0.25, 0.3) is 54.9 Å². The summed E-state index contributed by atoms with van der Waals surface area (Å²) in [5, 5.41) is 5.04. The van der Waals surface area contributed by atoms with Gasteiger partial charge in [0.2, 0.25) is 0 Å². The normalized spacial score (nSPS) is 10.9. The minimum atomic E-state index is 0. The van der Waals surface area contributed by atoms with Crippen molar-refractivity contribution in [1.82, 2.24) is 0 Å². The Kier molecular flexibility index (Phi) is 7.08. The minimum absolute atomic E-state index is 0. The van der Waals surface area contributed by atoms with Crippen LogP contribution in [0.3, 0.4) is 0 Å². The molecule has 6 aromatic rings. The van der Waals surface area contributed by atoms with Gasteiger partial charge < -0.3 is 1.43 Å². The molecule has 0 bridgehead atoms. The molecule has 0 heterocycles. The molecule has 0 spiro atoms. The largest absolute Gasteiger partial charge is 1.00 e. The van der Waals surface area contributed by atoms with Crippen molar-refractivity contribution in [2.24, 2.45) is 0 Å². The maximum absolute atomic E-state index is 5.04. The fourth-order valence-electron chi connectivity index (χ4n) is 4.78. The fourth-order valence-corrected chi connectivity index (χ4v) is 5.17. The van der Waals surface area contributed by atoms with E-state index in [1.54, 1.807) is 0 Å². The molecule has 0 saturated carbocycles. The molecule has 6 rings (SSSR count). The molecule has 0 N–H and O–H groups in total. The Labute approximate surface area is 250 Å². The van der Waals surface area contributed by atoms with Crippen molar-refractivity contribution in [2.45, 2.75) is 4.90 Å². The summed E-state index contributed by atoms with van der Waals surface area (Å²) in [6, 6.07) is 45.4. The summed E-state index contributed by atoms with van der Waals surface area (Å²) in [4.78, 5) is 1.00. The van der Waals surface area contributed by atoms with Gasteiger partial charge in [-0.05, 0) is 73.1 Å². The summed E-state index contributed by atoms with van der Waals surface area (Å²) in [6.45, 7) is 0. The first kappa shape index (κ1) is 23.6. The van der Waals surface area contributed by atoms with Gasteiger partial charge in [-0.25, -0.2) is 0 Å². The number of hydrogen-bond acceptors (Lipinski definition) is 1. The molecule has 2 heteroatoms. The summed E-state index contributed by atoms with van der Waals surface area (Å²) < 4.78 is 0. The molecule has 0 aliphatic heterocycles. The zero-order chi connectivity index (χ0) is 22.2. The van der Waals surface area contributed by atoms with Gasteiger partial charge in [0.1, 0.15) is 0 Å². The van der Waals surface area contributed by atoms with Gasteiger partial charge in [-0.2, -0.15) is 0 Å². The van der Waals surface area contributed by atoms with E-state index in [0.717, 1.165) is 16.0 Å². The van der Waals surface area contributed by atoms with Gasteiger partial charge in [-0.3, -0.25) is 0 Å². The Morgan fingerprint density at radius 3 is 1.32 bits per heavy atom. The monoisotopic (exact) mass is 478 g/mol. The topological polar surface area (TPSA) is 0 Å². The molecule has 0 nitrogen and oxygen atoms in total. The molecule has 0 atom stereocenters. The van der Waals surface area contributed by atoms with Gasteiger partial charge in [0.15, 0.2) is 0 Å². The van der Waals surface area contributed by atoms with Crippen LogP contribution in [0.4, 0.5) is 0 Å². The summed E-state index contributed by atoms with van der Waals surface area (Å²) in [7, 11) is 0. The molecule has 0 fully saturated rings. The van der Waals surface area contributed by atoms with Crippen molar-refractivity contribution in [1.29, 1.82) is 0 Å². The van der Waals surface area contributed by atoms with Crippen molar-refractivity contribution in [3.8, 4) is 33.4 Å². The Morgan fingerprint density at radius 1 is 0.441 bits per heavy atom. The summed E-state index contributed by atoms with van der Waals surface area (Å²) in [6.07, 6.45) is 0. The van der Waals surface area contributed by atoms with E-state index in [0.29, 0.717) is 0 Å². The molecule has 0 saturated heterocycles. The van der Waals surface area contributed by atoms with Crippen molar-refractivity contribution in [3.05, 3.63) is 127 Å². The molecule has 0 radical (unpaired) electrons. The summed E-state index contributed by atoms with van der Waals surface area (Å²) >= 11 is 5.04.